The summed E-state index contributed by atoms with van der Waals surface area (Å²) in [5.41, 5.74) is 1.33. The number of benzene rings is 2. The van der Waals surface area contributed by atoms with Gasteiger partial charge < -0.3 is 5.32 Å². The van der Waals surface area contributed by atoms with Gasteiger partial charge in [-0.05, 0) is 30.7 Å². The summed E-state index contributed by atoms with van der Waals surface area (Å²) in [6.45, 7) is 7.49. The molecule has 0 saturated heterocycles. The average molecular weight is 463 g/mol. The van der Waals surface area contributed by atoms with Gasteiger partial charge in [0.2, 0.25) is 5.91 Å². The van der Waals surface area contributed by atoms with Gasteiger partial charge in [0.1, 0.15) is 0 Å². The Hall–Kier alpha value is -2.02. The molecule has 1 atom stereocenters. The first-order valence-corrected chi connectivity index (χ1v) is 11.3. The van der Waals surface area contributed by atoms with E-state index in [0.29, 0.717) is 26.7 Å². The van der Waals surface area contributed by atoms with Gasteiger partial charge in [-0.3, -0.25) is 9.36 Å². The minimum absolute atomic E-state index is 0.0692. The molecule has 0 aliphatic rings. The van der Waals surface area contributed by atoms with Crippen molar-refractivity contribution in [1.82, 2.24) is 20.1 Å². The van der Waals surface area contributed by atoms with Crippen LogP contribution in [0.15, 0.2) is 53.7 Å². The maximum Gasteiger partial charge on any atom is 0.225 e. The van der Waals surface area contributed by atoms with Gasteiger partial charge in [0, 0.05) is 16.2 Å². The van der Waals surface area contributed by atoms with Gasteiger partial charge >= 0.3 is 0 Å². The number of amides is 1. The maximum atomic E-state index is 12.5. The van der Waals surface area contributed by atoms with Gasteiger partial charge in [-0.1, -0.05) is 86.1 Å². The van der Waals surface area contributed by atoms with E-state index in [0.717, 1.165) is 5.75 Å². The molecule has 5 nitrogen and oxygen atoms in total. The number of nitrogens with zero attached hydrogens (tertiary/aromatic N) is 3. The van der Waals surface area contributed by atoms with E-state index in [-0.39, 0.29) is 11.9 Å². The molecule has 0 aliphatic carbocycles. The fourth-order valence-electron chi connectivity index (χ4n) is 2.74. The van der Waals surface area contributed by atoms with Gasteiger partial charge in [-0.2, -0.15) is 0 Å². The lowest BCUT2D eigenvalue weighted by Crippen LogP contribution is -2.37. The normalized spacial score (nSPS) is 12.6. The largest absolute Gasteiger partial charge is 0.346 e. The molecule has 1 amide bonds. The third kappa shape index (κ3) is 5.36. The van der Waals surface area contributed by atoms with E-state index in [9.17, 15) is 4.79 Å². The summed E-state index contributed by atoms with van der Waals surface area (Å²) >= 11 is 14.3. The molecule has 1 heterocycles. The van der Waals surface area contributed by atoms with Crippen molar-refractivity contribution in [2.75, 3.05) is 0 Å². The lowest BCUT2D eigenvalue weighted by atomic mass is 9.95. The van der Waals surface area contributed by atoms with Gasteiger partial charge in [0.05, 0.1) is 16.8 Å². The van der Waals surface area contributed by atoms with E-state index in [1.807, 2.05) is 50.5 Å². The van der Waals surface area contributed by atoms with Crippen LogP contribution in [0.25, 0.3) is 5.69 Å². The van der Waals surface area contributed by atoms with Crippen LogP contribution in [-0.2, 0) is 10.5 Å². The van der Waals surface area contributed by atoms with Crippen molar-refractivity contribution in [1.29, 1.82) is 0 Å². The molecule has 0 aliphatic heterocycles. The van der Waals surface area contributed by atoms with Crippen LogP contribution < -0.4 is 5.32 Å². The minimum atomic E-state index is -0.516. The van der Waals surface area contributed by atoms with E-state index in [2.05, 4.69) is 27.6 Å². The Morgan fingerprint density at radius 2 is 1.83 bits per heavy atom. The monoisotopic (exact) mass is 462 g/mol. The molecule has 0 fully saturated rings. The topological polar surface area (TPSA) is 59.8 Å². The molecule has 1 aromatic heterocycles. The summed E-state index contributed by atoms with van der Waals surface area (Å²) in [5.74, 6) is 1.24. The molecule has 158 valence electrons. The highest BCUT2D eigenvalue weighted by atomic mass is 35.5. The van der Waals surface area contributed by atoms with Crippen molar-refractivity contribution in [3.63, 3.8) is 0 Å². The van der Waals surface area contributed by atoms with E-state index in [1.54, 1.807) is 30.0 Å². The number of aromatic nitrogens is 3. The molecule has 3 rings (SSSR count). The van der Waals surface area contributed by atoms with Gasteiger partial charge in [0.15, 0.2) is 11.0 Å². The van der Waals surface area contributed by atoms with Crippen LogP contribution in [-0.4, -0.2) is 20.7 Å². The van der Waals surface area contributed by atoms with Crippen LogP contribution in [0, 0.1) is 5.41 Å². The molecule has 1 N–H and O–H groups in total. The molecule has 0 radical (unpaired) electrons. The SMILES string of the molecule is CC(NC(=O)C(C)(C)C)c1nnc(SCc2ccccc2)n1-c1cc(Cl)ccc1Cl. The predicted molar refractivity (Wildman–Crippen MR) is 123 cm³/mol. The zero-order valence-electron chi connectivity index (χ0n) is 17.3. The number of thioether (sulfide) groups is 1. The number of carbonyl (C=O) groups is 1. The van der Waals surface area contributed by atoms with E-state index in [4.69, 9.17) is 23.2 Å². The molecule has 30 heavy (non-hydrogen) atoms. The van der Waals surface area contributed by atoms with Crippen LogP contribution in [0.4, 0.5) is 0 Å². The Kier molecular flexibility index (Phi) is 7.11. The maximum absolute atomic E-state index is 12.5. The highest BCUT2D eigenvalue weighted by molar-refractivity contribution is 7.98. The van der Waals surface area contributed by atoms with E-state index in [1.165, 1.54) is 5.56 Å². The van der Waals surface area contributed by atoms with Crippen LogP contribution in [0.2, 0.25) is 10.0 Å². The minimum Gasteiger partial charge on any atom is -0.346 e. The first kappa shape index (κ1) is 22.7. The quantitative estimate of drug-likeness (QED) is 0.450. The molecule has 1 unspecified atom stereocenters. The molecule has 3 aromatic rings. The van der Waals surface area contributed by atoms with Crippen LogP contribution in [0.1, 0.15) is 45.1 Å². The smallest absolute Gasteiger partial charge is 0.225 e. The fourth-order valence-corrected chi connectivity index (χ4v) is 4.01. The van der Waals surface area contributed by atoms with Crippen LogP contribution in [0.3, 0.4) is 0 Å². The standard InChI is InChI=1S/C22H24Cl2N4OS/c1-14(25-20(29)22(2,3)4)19-26-27-21(30-13-15-8-6-5-7-9-15)28(19)18-12-16(23)10-11-17(18)24/h5-12,14H,13H2,1-4H3,(H,25,29). The Morgan fingerprint density at radius 3 is 2.50 bits per heavy atom. The van der Waals surface area contributed by atoms with Crippen molar-refractivity contribution in [2.24, 2.45) is 5.41 Å². The summed E-state index contributed by atoms with van der Waals surface area (Å²) in [5, 5.41) is 13.6. The number of hydrogen-bond acceptors (Lipinski definition) is 4. The third-order valence-corrected chi connectivity index (χ3v) is 5.99. The second-order valence-corrected chi connectivity index (χ2v) is 9.78. The lowest BCUT2D eigenvalue weighted by Gasteiger charge is -2.22. The summed E-state index contributed by atoms with van der Waals surface area (Å²) in [6.07, 6.45) is 0. The highest BCUT2D eigenvalue weighted by Crippen LogP contribution is 2.32. The Labute approximate surface area is 191 Å². The fraction of sp³-hybridized carbons (Fsp3) is 0.318. The average Bonchev–Trinajstić information content (AvgIpc) is 3.12. The zero-order valence-corrected chi connectivity index (χ0v) is 19.6. The van der Waals surface area contributed by atoms with Crippen molar-refractivity contribution in [3.05, 3.63) is 70.0 Å². The van der Waals surface area contributed by atoms with Gasteiger partial charge in [-0.25, -0.2) is 0 Å². The third-order valence-electron chi connectivity index (χ3n) is 4.43. The molecule has 0 spiro atoms. The second kappa shape index (κ2) is 9.41. The zero-order chi connectivity index (χ0) is 21.9. The summed E-state index contributed by atoms with van der Waals surface area (Å²) in [7, 11) is 0. The first-order chi connectivity index (χ1) is 14.2. The number of rotatable bonds is 6. The van der Waals surface area contributed by atoms with Crippen molar-refractivity contribution in [2.45, 2.75) is 44.6 Å². The van der Waals surface area contributed by atoms with Crippen LogP contribution >= 0.6 is 35.0 Å². The first-order valence-electron chi connectivity index (χ1n) is 9.55. The molecule has 2 aromatic carbocycles. The molecular formula is C22H24Cl2N4OS. The Balaban J connectivity index is 1.99. The van der Waals surface area contributed by atoms with E-state index >= 15 is 0 Å². The molecule has 8 heteroatoms. The highest BCUT2D eigenvalue weighted by Gasteiger charge is 2.27. The lowest BCUT2D eigenvalue weighted by molar-refractivity contribution is -0.129. The molecular weight excluding hydrogens is 439 g/mol. The number of carbonyl (C=O) groups excluding carboxylic acids is 1. The van der Waals surface area contributed by atoms with E-state index < -0.39 is 5.41 Å². The Bertz CT molecular complexity index is 1030. The van der Waals surface area contributed by atoms with Gasteiger partial charge in [-0.15, -0.1) is 10.2 Å². The molecule has 0 bridgehead atoms. The van der Waals surface area contributed by atoms with Crippen molar-refractivity contribution in [3.8, 4) is 5.69 Å². The van der Waals surface area contributed by atoms with Gasteiger partial charge in [0.25, 0.3) is 0 Å². The van der Waals surface area contributed by atoms with Crippen LogP contribution in [0.5, 0.6) is 0 Å². The molecule has 0 saturated carbocycles. The van der Waals surface area contributed by atoms with Crippen molar-refractivity contribution >= 4 is 40.9 Å². The number of hydrogen-bond donors (Lipinski definition) is 1. The summed E-state index contributed by atoms with van der Waals surface area (Å²) in [4.78, 5) is 12.5. The predicted octanol–water partition coefficient (Wildman–Crippen LogP) is 6.09. The number of halogens is 2. The second-order valence-electron chi connectivity index (χ2n) is 7.99. The van der Waals surface area contributed by atoms with Crippen molar-refractivity contribution < 1.29 is 4.79 Å². The summed E-state index contributed by atoms with van der Waals surface area (Å²) in [6, 6.07) is 15.0. The summed E-state index contributed by atoms with van der Waals surface area (Å²) < 4.78 is 1.87. The number of nitrogens with one attached hydrogen (secondary N) is 1. The Morgan fingerprint density at radius 1 is 1.13 bits per heavy atom.